The molecule has 0 fully saturated rings. The van der Waals surface area contributed by atoms with Gasteiger partial charge in [0.25, 0.3) is 0 Å². The summed E-state index contributed by atoms with van der Waals surface area (Å²) in [6, 6.07) is 54.5. The molecule has 6 aromatic carbocycles. The first-order valence-electron chi connectivity index (χ1n) is 13.1. The Morgan fingerprint density at radius 3 is 1.36 bits per heavy atom. The molecule has 0 aliphatic rings. The van der Waals surface area contributed by atoms with Crippen molar-refractivity contribution in [3.63, 3.8) is 0 Å². The van der Waals surface area contributed by atoms with E-state index in [-0.39, 0.29) is 0 Å². The number of hydrogen-bond donors (Lipinski definition) is 3. The van der Waals surface area contributed by atoms with Crippen LogP contribution in [0.2, 0.25) is 0 Å². The van der Waals surface area contributed by atoms with Crippen molar-refractivity contribution < 1.29 is 0 Å². The van der Waals surface area contributed by atoms with E-state index in [1.165, 1.54) is 11.1 Å². The van der Waals surface area contributed by atoms with Crippen molar-refractivity contribution >= 4 is 34.1 Å². The molecule has 6 aromatic rings. The number of nitrogens with one attached hydrogen (secondary N) is 3. The highest BCUT2D eigenvalue weighted by atomic mass is 14.9. The molecule has 3 N–H and O–H groups in total. The van der Waals surface area contributed by atoms with Gasteiger partial charge in [0.2, 0.25) is 0 Å². The molecule has 0 aromatic heterocycles. The molecule has 0 aliphatic heterocycles. The van der Waals surface area contributed by atoms with E-state index in [1.54, 1.807) is 0 Å². The molecule has 188 valence electrons. The van der Waals surface area contributed by atoms with Gasteiger partial charge in [-0.05, 0) is 83.4 Å². The predicted molar refractivity (Wildman–Crippen MR) is 166 cm³/mol. The highest BCUT2D eigenvalue weighted by Crippen LogP contribution is 2.33. The Morgan fingerprint density at radius 1 is 0.282 bits per heavy atom. The quantitative estimate of drug-likeness (QED) is 0.193. The van der Waals surface area contributed by atoms with Crippen molar-refractivity contribution in [1.29, 1.82) is 0 Å². The summed E-state index contributed by atoms with van der Waals surface area (Å²) in [5.41, 5.74) is 11.1. The lowest BCUT2D eigenvalue weighted by molar-refractivity contribution is 1.51. The number of para-hydroxylation sites is 3. The monoisotopic (exact) mass is 503 g/mol. The fourth-order valence-corrected chi connectivity index (χ4v) is 4.63. The lowest BCUT2D eigenvalue weighted by atomic mass is 10.0. The maximum Gasteiger partial charge on any atom is 0.0463 e. The highest BCUT2D eigenvalue weighted by molar-refractivity contribution is 5.83. The van der Waals surface area contributed by atoms with Crippen molar-refractivity contribution in [3.8, 4) is 22.3 Å². The van der Waals surface area contributed by atoms with Gasteiger partial charge >= 0.3 is 0 Å². The molecular formula is C36H29N3. The molecule has 0 amide bonds. The summed E-state index contributed by atoms with van der Waals surface area (Å²) in [6.45, 7) is 0. The lowest BCUT2D eigenvalue weighted by Crippen LogP contribution is -1.94. The second-order valence-corrected chi connectivity index (χ2v) is 9.39. The van der Waals surface area contributed by atoms with E-state index < -0.39 is 0 Å². The van der Waals surface area contributed by atoms with Crippen LogP contribution in [0.3, 0.4) is 0 Å². The molecule has 39 heavy (non-hydrogen) atoms. The maximum atomic E-state index is 3.57. The van der Waals surface area contributed by atoms with E-state index in [1.807, 2.05) is 36.4 Å². The van der Waals surface area contributed by atoms with Crippen LogP contribution in [0.25, 0.3) is 22.3 Å². The van der Waals surface area contributed by atoms with Gasteiger partial charge in [0.15, 0.2) is 0 Å². The summed E-state index contributed by atoms with van der Waals surface area (Å²) in [6.07, 6.45) is 0. The zero-order chi connectivity index (χ0) is 26.3. The molecule has 3 heteroatoms. The maximum absolute atomic E-state index is 3.57. The van der Waals surface area contributed by atoms with Crippen LogP contribution in [0, 0.1) is 0 Å². The van der Waals surface area contributed by atoms with Crippen LogP contribution in [0.5, 0.6) is 0 Å². The zero-order valence-electron chi connectivity index (χ0n) is 21.5. The fourth-order valence-electron chi connectivity index (χ4n) is 4.63. The average molecular weight is 504 g/mol. The summed E-state index contributed by atoms with van der Waals surface area (Å²) < 4.78 is 0. The Balaban J connectivity index is 1.15. The molecule has 0 spiro atoms. The van der Waals surface area contributed by atoms with Crippen LogP contribution in [-0.2, 0) is 0 Å². The molecule has 0 bridgehead atoms. The number of rotatable bonds is 8. The van der Waals surface area contributed by atoms with Gasteiger partial charge in [-0.25, -0.2) is 0 Å². The van der Waals surface area contributed by atoms with E-state index in [4.69, 9.17) is 0 Å². The van der Waals surface area contributed by atoms with Gasteiger partial charge in [0, 0.05) is 39.7 Å². The summed E-state index contributed by atoms with van der Waals surface area (Å²) >= 11 is 0. The Labute approximate surface area is 229 Å². The van der Waals surface area contributed by atoms with Crippen LogP contribution < -0.4 is 16.0 Å². The molecule has 6 rings (SSSR count). The first kappa shape index (κ1) is 24.1. The van der Waals surface area contributed by atoms with E-state index in [9.17, 15) is 0 Å². The van der Waals surface area contributed by atoms with E-state index in [0.29, 0.717) is 0 Å². The van der Waals surface area contributed by atoms with Gasteiger partial charge in [-0.15, -0.1) is 0 Å². The van der Waals surface area contributed by atoms with Gasteiger partial charge in [-0.1, -0.05) is 91.0 Å². The minimum atomic E-state index is 1.05. The lowest BCUT2D eigenvalue weighted by Gasteiger charge is -2.14. The van der Waals surface area contributed by atoms with Crippen LogP contribution in [-0.4, -0.2) is 0 Å². The molecule has 0 saturated carbocycles. The summed E-state index contributed by atoms with van der Waals surface area (Å²) in [5.74, 6) is 0. The van der Waals surface area contributed by atoms with Gasteiger partial charge in [0.1, 0.15) is 0 Å². The van der Waals surface area contributed by atoms with Crippen molar-refractivity contribution in [2.24, 2.45) is 0 Å². The zero-order valence-corrected chi connectivity index (χ0v) is 21.5. The van der Waals surface area contributed by atoms with Crippen LogP contribution in [0.4, 0.5) is 34.1 Å². The third-order valence-electron chi connectivity index (χ3n) is 6.61. The SMILES string of the molecule is c1ccc(Nc2ccc(-c3ccc(Nc4cccc(-c5ccccc5Nc5ccccc5)c4)cc3)cc2)cc1. The van der Waals surface area contributed by atoms with Gasteiger partial charge in [-0.2, -0.15) is 0 Å². The standard InChI is InChI=1S/C36H29N3/c1-3-11-30(12-4-1)37-32-22-18-27(19-23-32)28-20-24-33(25-21-28)38-34-15-9-10-29(26-34)35-16-7-8-17-36(35)39-31-13-5-2-6-14-31/h1-26,37-39H. The molecule has 0 atom stereocenters. The fraction of sp³-hybridized carbons (Fsp3) is 0. The Kier molecular flexibility index (Phi) is 7.04. The summed E-state index contributed by atoms with van der Waals surface area (Å²) in [7, 11) is 0. The molecular weight excluding hydrogens is 474 g/mol. The highest BCUT2D eigenvalue weighted by Gasteiger charge is 2.07. The molecule has 0 aliphatic carbocycles. The van der Waals surface area contributed by atoms with Crippen molar-refractivity contribution in [2.75, 3.05) is 16.0 Å². The first-order valence-corrected chi connectivity index (χ1v) is 13.1. The third kappa shape index (κ3) is 6.00. The van der Waals surface area contributed by atoms with E-state index in [2.05, 4.69) is 137 Å². The molecule has 3 nitrogen and oxygen atoms in total. The van der Waals surface area contributed by atoms with Gasteiger partial charge in [0.05, 0.1) is 0 Å². The largest absolute Gasteiger partial charge is 0.356 e. The van der Waals surface area contributed by atoms with Gasteiger partial charge < -0.3 is 16.0 Å². The van der Waals surface area contributed by atoms with Crippen molar-refractivity contribution in [3.05, 3.63) is 158 Å². The second kappa shape index (κ2) is 11.4. The molecule has 0 saturated heterocycles. The van der Waals surface area contributed by atoms with Gasteiger partial charge in [-0.3, -0.25) is 0 Å². The normalized spacial score (nSPS) is 10.6. The van der Waals surface area contributed by atoms with Crippen LogP contribution in [0.1, 0.15) is 0 Å². The third-order valence-corrected chi connectivity index (χ3v) is 6.61. The summed E-state index contributed by atoms with van der Waals surface area (Å²) in [5, 5.41) is 10.6. The Morgan fingerprint density at radius 2 is 0.744 bits per heavy atom. The van der Waals surface area contributed by atoms with E-state index in [0.717, 1.165) is 45.3 Å². The predicted octanol–water partition coefficient (Wildman–Crippen LogP) is 10.3. The Bertz CT molecular complexity index is 1640. The summed E-state index contributed by atoms with van der Waals surface area (Å²) in [4.78, 5) is 0. The average Bonchev–Trinajstić information content (AvgIpc) is 3.00. The van der Waals surface area contributed by atoms with Crippen molar-refractivity contribution in [2.45, 2.75) is 0 Å². The van der Waals surface area contributed by atoms with E-state index >= 15 is 0 Å². The number of benzene rings is 6. The molecule has 0 unspecified atom stereocenters. The smallest absolute Gasteiger partial charge is 0.0463 e. The second-order valence-electron chi connectivity index (χ2n) is 9.39. The number of hydrogen-bond acceptors (Lipinski definition) is 3. The van der Waals surface area contributed by atoms with Crippen LogP contribution in [0.15, 0.2) is 158 Å². The van der Waals surface area contributed by atoms with Crippen molar-refractivity contribution in [1.82, 2.24) is 0 Å². The molecule has 0 heterocycles. The van der Waals surface area contributed by atoms with Crippen LogP contribution >= 0.6 is 0 Å². The minimum absolute atomic E-state index is 1.05. The minimum Gasteiger partial charge on any atom is -0.356 e. The Hall–Kier alpha value is -5.28. The number of anilines is 6. The first-order chi connectivity index (χ1) is 19.3. The molecule has 0 radical (unpaired) electrons. The topological polar surface area (TPSA) is 36.1 Å².